The van der Waals surface area contributed by atoms with E-state index in [9.17, 15) is 14.7 Å². The second-order valence-electron chi connectivity index (χ2n) is 5.95. The van der Waals surface area contributed by atoms with Crippen molar-refractivity contribution in [2.24, 2.45) is 0 Å². The van der Waals surface area contributed by atoms with Crippen molar-refractivity contribution in [1.29, 1.82) is 0 Å². The van der Waals surface area contributed by atoms with Gasteiger partial charge in [-0.15, -0.1) is 0 Å². The van der Waals surface area contributed by atoms with Gasteiger partial charge in [0.2, 0.25) is 0 Å². The summed E-state index contributed by atoms with van der Waals surface area (Å²) in [6.07, 6.45) is 1.41. The van der Waals surface area contributed by atoms with Crippen molar-refractivity contribution in [3.05, 3.63) is 57.9 Å². The smallest absolute Gasteiger partial charge is 0.336 e. The van der Waals surface area contributed by atoms with Crippen LogP contribution in [0, 0.1) is 6.92 Å². The molecule has 2 N–H and O–H groups in total. The molecule has 1 aliphatic heterocycles. The van der Waals surface area contributed by atoms with E-state index in [1.165, 1.54) is 7.11 Å². The van der Waals surface area contributed by atoms with Crippen LogP contribution < -0.4 is 5.32 Å². The van der Waals surface area contributed by atoms with Crippen molar-refractivity contribution in [3.8, 4) is 0 Å². The Labute approximate surface area is 142 Å². The van der Waals surface area contributed by atoms with E-state index in [4.69, 9.17) is 4.74 Å². The van der Waals surface area contributed by atoms with Gasteiger partial charge in [0.25, 0.3) is 0 Å². The summed E-state index contributed by atoms with van der Waals surface area (Å²) in [5.41, 5.74) is 3.70. The molecule has 0 aliphatic carbocycles. The van der Waals surface area contributed by atoms with Crippen molar-refractivity contribution in [2.75, 3.05) is 7.11 Å². The van der Waals surface area contributed by atoms with Crippen LogP contribution in [0.1, 0.15) is 43.7 Å². The summed E-state index contributed by atoms with van der Waals surface area (Å²) in [5, 5.41) is 12.9. The number of carboxylic acids is 1. The van der Waals surface area contributed by atoms with Crippen LogP contribution in [0.4, 0.5) is 0 Å². The second kappa shape index (κ2) is 7.34. The number of esters is 1. The highest BCUT2D eigenvalue weighted by Crippen LogP contribution is 2.39. The monoisotopic (exact) mass is 329 g/mol. The number of dihydropyridines is 1. The lowest BCUT2D eigenvalue weighted by Crippen LogP contribution is -2.32. The predicted molar refractivity (Wildman–Crippen MR) is 91.3 cm³/mol. The molecule has 0 saturated heterocycles. The van der Waals surface area contributed by atoms with Crippen LogP contribution >= 0.6 is 0 Å². The number of aryl methyl sites for hydroxylation is 1. The van der Waals surface area contributed by atoms with Gasteiger partial charge in [0, 0.05) is 11.4 Å². The van der Waals surface area contributed by atoms with E-state index in [2.05, 4.69) is 5.32 Å². The van der Waals surface area contributed by atoms with Crippen molar-refractivity contribution in [2.45, 2.75) is 39.5 Å². The first-order valence-corrected chi connectivity index (χ1v) is 7.99. The molecule has 1 aromatic carbocycles. The Kier molecular flexibility index (Phi) is 5.44. The van der Waals surface area contributed by atoms with E-state index in [1.54, 1.807) is 6.92 Å². The second-order valence-corrected chi connectivity index (χ2v) is 5.95. The summed E-state index contributed by atoms with van der Waals surface area (Å²) in [5.74, 6) is -2.18. The number of carbonyl (C=O) groups excluding carboxylic acids is 1. The molecule has 1 atom stereocenters. The number of rotatable bonds is 5. The molecule has 1 heterocycles. The molecule has 0 saturated carbocycles. The van der Waals surface area contributed by atoms with Crippen LogP contribution in [0.15, 0.2) is 46.8 Å². The van der Waals surface area contributed by atoms with Crippen LogP contribution in [0.2, 0.25) is 0 Å². The zero-order chi connectivity index (χ0) is 17.9. The lowest BCUT2D eigenvalue weighted by atomic mass is 9.79. The van der Waals surface area contributed by atoms with Crippen molar-refractivity contribution < 1.29 is 19.4 Å². The quantitative estimate of drug-likeness (QED) is 0.811. The van der Waals surface area contributed by atoms with Crippen molar-refractivity contribution in [1.82, 2.24) is 5.32 Å². The highest BCUT2D eigenvalue weighted by Gasteiger charge is 2.37. The number of nitrogens with one attached hydrogen (secondary N) is 1. The molecule has 1 aliphatic rings. The van der Waals surface area contributed by atoms with Gasteiger partial charge in [-0.3, -0.25) is 0 Å². The standard InChI is InChI=1S/C19H23NO4/c1-5-6-14-17(18(21)22)16(13-9-7-11(2)8-10-13)15(12(3)20-14)19(23)24-4/h7-10,16,20H,5-6H2,1-4H3,(H,21,22). The predicted octanol–water partition coefficient (Wildman–Crippen LogP) is 3.27. The van der Waals surface area contributed by atoms with Crippen LogP contribution in [0.3, 0.4) is 0 Å². The molecule has 1 aromatic rings. The molecule has 0 radical (unpaired) electrons. The van der Waals surface area contributed by atoms with Gasteiger partial charge >= 0.3 is 11.9 Å². The Hall–Kier alpha value is -2.56. The summed E-state index contributed by atoms with van der Waals surface area (Å²) in [6.45, 7) is 5.73. The average molecular weight is 329 g/mol. The number of methoxy groups -OCH3 is 1. The van der Waals surface area contributed by atoms with Gasteiger partial charge in [-0.1, -0.05) is 43.2 Å². The molecule has 5 heteroatoms. The van der Waals surface area contributed by atoms with Gasteiger partial charge in [-0.25, -0.2) is 9.59 Å². The first-order valence-electron chi connectivity index (χ1n) is 7.99. The van der Waals surface area contributed by atoms with Gasteiger partial charge in [0.1, 0.15) is 0 Å². The van der Waals surface area contributed by atoms with Crippen LogP contribution in [0.25, 0.3) is 0 Å². The summed E-state index contributed by atoms with van der Waals surface area (Å²) >= 11 is 0. The minimum atomic E-state index is -1.02. The normalized spacial score (nSPS) is 17.6. The molecule has 1 unspecified atom stereocenters. The molecule has 0 spiro atoms. The van der Waals surface area contributed by atoms with Crippen molar-refractivity contribution >= 4 is 11.9 Å². The number of benzene rings is 1. The molecule has 0 bridgehead atoms. The minimum Gasteiger partial charge on any atom is -0.478 e. The molecular weight excluding hydrogens is 306 g/mol. The van der Waals surface area contributed by atoms with E-state index >= 15 is 0 Å². The Morgan fingerprint density at radius 3 is 2.29 bits per heavy atom. The fourth-order valence-electron chi connectivity index (χ4n) is 3.07. The molecular formula is C19H23NO4. The number of carbonyl (C=O) groups is 2. The van der Waals surface area contributed by atoms with Gasteiger partial charge in [-0.05, 0) is 25.8 Å². The fraction of sp³-hybridized carbons (Fsp3) is 0.368. The maximum Gasteiger partial charge on any atom is 0.336 e. The molecule has 128 valence electrons. The SMILES string of the molecule is CCCC1=C(C(=O)O)C(c2ccc(C)cc2)C(C(=O)OC)=C(C)N1. The third-order valence-electron chi connectivity index (χ3n) is 4.19. The van der Waals surface area contributed by atoms with E-state index in [1.807, 2.05) is 38.1 Å². The summed E-state index contributed by atoms with van der Waals surface area (Å²) in [4.78, 5) is 24.3. The Bertz CT molecular complexity index is 713. The van der Waals surface area contributed by atoms with Gasteiger partial charge in [-0.2, -0.15) is 0 Å². The van der Waals surface area contributed by atoms with Crippen LogP contribution in [-0.4, -0.2) is 24.2 Å². The maximum absolute atomic E-state index is 12.3. The molecule has 0 amide bonds. The maximum atomic E-state index is 12.3. The number of allylic oxidation sites excluding steroid dienone is 2. The lowest BCUT2D eigenvalue weighted by Gasteiger charge is -2.30. The van der Waals surface area contributed by atoms with Crippen molar-refractivity contribution in [3.63, 3.8) is 0 Å². The fourth-order valence-corrected chi connectivity index (χ4v) is 3.07. The third kappa shape index (κ3) is 3.35. The number of hydrogen-bond donors (Lipinski definition) is 2. The summed E-state index contributed by atoms with van der Waals surface area (Å²) in [7, 11) is 1.31. The highest BCUT2D eigenvalue weighted by atomic mass is 16.5. The zero-order valence-corrected chi connectivity index (χ0v) is 14.5. The minimum absolute atomic E-state index is 0.215. The van der Waals surface area contributed by atoms with E-state index in [0.717, 1.165) is 17.5 Å². The lowest BCUT2D eigenvalue weighted by molar-refractivity contribution is -0.136. The van der Waals surface area contributed by atoms with Gasteiger partial charge in [0.15, 0.2) is 0 Å². The largest absolute Gasteiger partial charge is 0.478 e. The van der Waals surface area contributed by atoms with Crippen LogP contribution in [0.5, 0.6) is 0 Å². The van der Waals surface area contributed by atoms with E-state index in [0.29, 0.717) is 23.4 Å². The average Bonchev–Trinajstić information content (AvgIpc) is 2.54. The van der Waals surface area contributed by atoms with E-state index in [-0.39, 0.29) is 5.57 Å². The first-order chi connectivity index (χ1) is 11.4. The molecule has 5 nitrogen and oxygen atoms in total. The third-order valence-corrected chi connectivity index (χ3v) is 4.19. The number of hydrogen-bond acceptors (Lipinski definition) is 4. The van der Waals surface area contributed by atoms with Gasteiger partial charge in [0.05, 0.1) is 24.2 Å². The van der Waals surface area contributed by atoms with E-state index < -0.39 is 17.9 Å². The molecule has 24 heavy (non-hydrogen) atoms. The highest BCUT2D eigenvalue weighted by molar-refractivity contribution is 5.99. The Morgan fingerprint density at radius 2 is 1.79 bits per heavy atom. The number of ether oxygens (including phenoxy) is 1. The Morgan fingerprint density at radius 1 is 1.17 bits per heavy atom. The molecule has 0 aromatic heterocycles. The number of aliphatic carboxylic acids is 1. The summed E-state index contributed by atoms with van der Waals surface area (Å²) in [6, 6.07) is 7.57. The summed E-state index contributed by atoms with van der Waals surface area (Å²) < 4.78 is 4.91. The number of carboxylic acid groups (broad SMARTS) is 1. The zero-order valence-electron chi connectivity index (χ0n) is 14.5. The molecule has 2 rings (SSSR count). The first kappa shape index (κ1) is 17.8. The van der Waals surface area contributed by atoms with Crippen LogP contribution in [-0.2, 0) is 14.3 Å². The topological polar surface area (TPSA) is 75.6 Å². The molecule has 0 fully saturated rings. The van der Waals surface area contributed by atoms with Gasteiger partial charge < -0.3 is 15.2 Å². The Balaban J connectivity index is 2.69.